The molecule has 2 aliphatic rings. The molecule has 4 nitrogen and oxygen atoms in total. The van der Waals surface area contributed by atoms with E-state index in [9.17, 15) is 5.11 Å². The van der Waals surface area contributed by atoms with Crippen molar-refractivity contribution in [2.75, 3.05) is 19.6 Å². The Labute approximate surface area is 144 Å². The Balaban J connectivity index is 1.87. The van der Waals surface area contributed by atoms with Gasteiger partial charge in [0.25, 0.3) is 0 Å². The van der Waals surface area contributed by atoms with E-state index in [4.69, 9.17) is 11.6 Å². The Morgan fingerprint density at radius 2 is 2.26 bits per heavy atom. The van der Waals surface area contributed by atoms with Crippen LogP contribution in [0.1, 0.15) is 22.9 Å². The van der Waals surface area contributed by atoms with Gasteiger partial charge in [-0.3, -0.25) is 9.88 Å². The average Bonchev–Trinajstić information content (AvgIpc) is 2.72. The maximum absolute atomic E-state index is 10.5. The van der Waals surface area contributed by atoms with Crippen LogP contribution in [0.3, 0.4) is 0 Å². The van der Waals surface area contributed by atoms with Crippen LogP contribution in [0.25, 0.3) is 0 Å². The van der Waals surface area contributed by atoms with Crippen molar-refractivity contribution < 1.29 is 5.11 Å². The summed E-state index contributed by atoms with van der Waals surface area (Å²) in [5, 5.41) is 14.5. The van der Waals surface area contributed by atoms with Gasteiger partial charge in [0.05, 0.1) is 11.7 Å². The molecule has 120 valence electrons. The zero-order valence-electron chi connectivity index (χ0n) is 12.6. The van der Waals surface area contributed by atoms with E-state index in [1.54, 1.807) is 11.8 Å². The summed E-state index contributed by atoms with van der Waals surface area (Å²) in [6.45, 7) is 2.23. The highest BCUT2D eigenvalue weighted by molar-refractivity contribution is 7.98. The van der Waals surface area contributed by atoms with Gasteiger partial charge in [0, 0.05) is 41.5 Å². The summed E-state index contributed by atoms with van der Waals surface area (Å²) in [7, 11) is 0. The van der Waals surface area contributed by atoms with Gasteiger partial charge in [0.2, 0.25) is 0 Å². The number of fused-ring (bicyclic) bond motifs is 2. The minimum Gasteiger partial charge on any atom is -0.377 e. The molecule has 0 saturated carbocycles. The van der Waals surface area contributed by atoms with Gasteiger partial charge in [-0.25, -0.2) is 0 Å². The van der Waals surface area contributed by atoms with Crippen LogP contribution in [0.2, 0.25) is 5.02 Å². The van der Waals surface area contributed by atoms with E-state index >= 15 is 0 Å². The van der Waals surface area contributed by atoms with Crippen molar-refractivity contribution in [2.45, 2.75) is 22.9 Å². The van der Waals surface area contributed by atoms with Gasteiger partial charge in [-0.1, -0.05) is 23.7 Å². The van der Waals surface area contributed by atoms with Crippen molar-refractivity contribution in [3.8, 4) is 0 Å². The molecule has 6 heteroatoms. The number of rotatable bonds is 1. The number of aliphatic hydroxyl groups excluding tert-OH is 1. The predicted octanol–water partition coefficient (Wildman–Crippen LogP) is 2.65. The Kier molecular flexibility index (Phi) is 4.30. The lowest BCUT2D eigenvalue weighted by Crippen LogP contribution is -2.52. The molecule has 0 bridgehead atoms. The molecule has 23 heavy (non-hydrogen) atoms. The van der Waals surface area contributed by atoms with E-state index in [0.717, 1.165) is 29.6 Å². The number of piperazine rings is 1. The lowest BCUT2D eigenvalue weighted by molar-refractivity contribution is -0.0329. The first kappa shape index (κ1) is 15.4. The van der Waals surface area contributed by atoms with Crippen LogP contribution < -0.4 is 5.32 Å². The van der Waals surface area contributed by atoms with Gasteiger partial charge in [-0.2, -0.15) is 0 Å². The second kappa shape index (κ2) is 6.42. The minimum absolute atomic E-state index is 0.0365. The highest BCUT2D eigenvalue weighted by Crippen LogP contribution is 2.42. The van der Waals surface area contributed by atoms with E-state index in [-0.39, 0.29) is 6.04 Å². The largest absolute Gasteiger partial charge is 0.377 e. The van der Waals surface area contributed by atoms with Gasteiger partial charge < -0.3 is 10.4 Å². The summed E-state index contributed by atoms with van der Waals surface area (Å²) in [6, 6.07) is 10.1. The first-order valence-electron chi connectivity index (χ1n) is 7.74. The number of halogens is 1. The molecule has 1 fully saturated rings. The Morgan fingerprint density at radius 1 is 1.35 bits per heavy atom. The van der Waals surface area contributed by atoms with E-state index in [1.807, 2.05) is 24.4 Å². The number of benzene rings is 1. The number of pyridine rings is 1. The van der Waals surface area contributed by atoms with Crippen molar-refractivity contribution in [1.29, 1.82) is 0 Å². The zero-order chi connectivity index (χ0) is 15.8. The van der Waals surface area contributed by atoms with Crippen LogP contribution in [0.5, 0.6) is 0 Å². The molecule has 0 amide bonds. The number of nitrogens with one attached hydrogen (secondary N) is 1. The third-order valence-electron chi connectivity index (χ3n) is 4.43. The molecule has 1 saturated heterocycles. The number of hydrogen-bond donors (Lipinski definition) is 2. The van der Waals surface area contributed by atoms with Gasteiger partial charge in [-0.05, 0) is 29.3 Å². The lowest BCUT2D eigenvalue weighted by Gasteiger charge is -2.39. The van der Waals surface area contributed by atoms with E-state index in [1.165, 1.54) is 16.0 Å². The molecule has 0 aliphatic carbocycles. The number of aromatic nitrogens is 1. The second-order valence-corrected chi connectivity index (χ2v) is 7.30. The average molecular weight is 348 g/mol. The molecule has 2 unspecified atom stereocenters. The molecule has 1 aromatic heterocycles. The van der Waals surface area contributed by atoms with E-state index < -0.39 is 6.23 Å². The maximum Gasteiger partial charge on any atom is 0.120 e. The zero-order valence-corrected chi connectivity index (χ0v) is 14.1. The normalized spacial score (nSPS) is 24.6. The summed E-state index contributed by atoms with van der Waals surface area (Å²) < 4.78 is 0. The van der Waals surface area contributed by atoms with E-state index in [2.05, 4.69) is 27.3 Å². The first-order valence-corrected chi connectivity index (χ1v) is 9.11. The van der Waals surface area contributed by atoms with Gasteiger partial charge >= 0.3 is 0 Å². The monoisotopic (exact) mass is 347 g/mol. The van der Waals surface area contributed by atoms with Crippen molar-refractivity contribution in [1.82, 2.24) is 15.2 Å². The number of aliphatic hydroxyl groups is 1. The minimum atomic E-state index is -0.518. The molecule has 2 aromatic rings. The predicted molar refractivity (Wildman–Crippen MR) is 92.7 cm³/mol. The van der Waals surface area contributed by atoms with Crippen molar-refractivity contribution >= 4 is 23.4 Å². The number of nitrogens with zero attached hydrogens (tertiary/aromatic N) is 2. The van der Waals surface area contributed by atoms with Crippen LogP contribution in [0.15, 0.2) is 41.4 Å². The second-order valence-electron chi connectivity index (χ2n) is 5.84. The van der Waals surface area contributed by atoms with Gasteiger partial charge in [0.1, 0.15) is 6.23 Å². The van der Waals surface area contributed by atoms with Crippen LogP contribution in [0.4, 0.5) is 0 Å². The van der Waals surface area contributed by atoms with E-state index in [0.29, 0.717) is 6.54 Å². The van der Waals surface area contributed by atoms with Gasteiger partial charge in [-0.15, -0.1) is 11.8 Å². The summed E-state index contributed by atoms with van der Waals surface area (Å²) in [5.41, 5.74) is 3.44. The molecule has 0 spiro atoms. The summed E-state index contributed by atoms with van der Waals surface area (Å²) in [5.74, 6) is 0.870. The topological polar surface area (TPSA) is 48.4 Å². The Morgan fingerprint density at radius 3 is 3.13 bits per heavy atom. The van der Waals surface area contributed by atoms with Crippen LogP contribution in [0, 0.1) is 0 Å². The van der Waals surface area contributed by atoms with Gasteiger partial charge in [0.15, 0.2) is 0 Å². The fraction of sp³-hybridized carbons (Fsp3) is 0.353. The summed E-state index contributed by atoms with van der Waals surface area (Å²) in [6.07, 6.45) is 1.32. The molecule has 2 aliphatic heterocycles. The fourth-order valence-corrected chi connectivity index (χ4v) is 4.67. The molecular weight excluding hydrogens is 330 g/mol. The highest BCUT2D eigenvalue weighted by Gasteiger charge is 2.34. The smallest absolute Gasteiger partial charge is 0.120 e. The third kappa shape index (κ3) is 2.88. The molecule has 4 rings (SSSR count). The highest BCUT2D eigenvalue weighted by atomic mass is 35.5. The van der Waals surface area contributed by atoms with Crippen molar-refractivity contribution in [3.05, 3.63) is 58.4 Å². The van der Waals surface area contributed by atoms with Crippen molar-refractivity contribution in [2.24, 2.45) is 0 Å². The SMILES string of the molecule is OC1CNCCN1C1c2ccc(Cl)cc2SCc2cccnc21. The maximum atomic E-state index is 10.5. The molecule has 2 N–H and O–H groups in total. The van der Waals surface area contributed by atoms with Crippen LogP contribution in [-0.4, -0.2) is 40.9 Å². The number of thioether (sulfide) groups is 1. The molecule has 0 radical (unpaired) electrons. The Bertz CT molecular complexity index is 727. The number of hydrogen-bond acceptors (Lipinski definition) is 5. The Hall–Kier alpha value is -1.11. The third-order valence-corrected chi connectivity index (χ3v) is 5.78. The molecule has 2 atom stereocenters. The van der Waals surface area contributed by atoms with Crippen LogP contribution >= 0.6 is 23.4 Å². The molecule has 3 heterocycles. The summed E-state index contributed by atoms with van der Waals surface area (Å²) >= 11 is 7.99. The summed E-state index contributed by atoms with van der Waals surface area (Å²) in [4.78, 5) is 7.98. The quantitative estimate of drug-likeness (QED) is 0.830. The number of β-amino-alcohol motifs (C(OH)–C–C–N with tert-alkyl or cyclic N) is 1. The lowest BCUT2D eigenvalue weighted by atomic mass is 9.97. The standard InChI is InChI=1S/C17H18ClN3OS/c18-12-3-4-13-14(8-12)23-10-11-2-1-5-20-16(11)17(13)21-7-6-19-9-15(21)22/h1-5,8,15,17,19,22H,6-7,9-10H2. The van der Waals surface area contributed by atoms with Crippen LogP contribution in [-0.2, 0) is 5.75 Å². The molecule has 1 aromatic carbocycles. The molecular formula is C17H18ClN3OS. The fourth-order valence-electron chi connectivity index (χ4n) is 3.32. The first-order chi connectivity index (χ1) is 11.2. The van der Waals surface area contributed by atoms with Crippen molar-refractivity contribution in [3.63, 3.8) is 0 Å².